The monoisotopic (exact) mass is 582 g/mol. The molecule has 0 aliphatic carbocycles. The van der Waals surface area contributed by atoms with Gasteiger partial charge in [-0.1, -0.05) is 29.5 Å². The number of carbonyl (C=O) groups is 1. The van der Waals surface area contributed by atoms with Gasteiger partial charge in [-0.2, -0.15) is 0 Å². The Morgan fingerprint density at radius 2 is 1.85 bits per heavy atom. The quantitative estimate of drug-likeness (QED) is 0.297. The molecule has 6 nitrogen and oxygen atoms in total. The number of hydrogen-bond acceptors (Lipinski definition) is 5. The number of hydrogen-bond donors (Lipinski definition) is 1. The molecule has 0 spiro atoms. The minimum Gasteiger partial charge on any atom is -0.488 e. The van der Waals surface area contributed by atoms with Gasteiger partial charge < -0.3 is 9.84 Å². The standard InChI is InChI=1S/C26H19IN2O4S/c1-14-9-20-21(10-15(14)2)29-24(30)23(34-26(29)28-20)12-17-5-8-22(19(27)11-17)33-13-16-3-6-18(7-4-16)25(31)32/h3-12H,13H2,1-2H3,(H,31,32)/b23-12-. The molecule has 0 atom stereocenters. The molecule has 0 radical (unpaired) electrons. The Bertz CT molecular complexity index is 1690. The predicted molar refractivity (Wildman–Crippen MR) is 142 cm³/mol. The highest BCUT2D eigenvalue weighted by Crippen LogP contribution is 2.24. The zero-order chi connectivity index (χ0) is 24.0. The number of carboxylic acids is 1. The summed E-state index contributed by atoms with van der Waals surface area (Å²) in [5.74, 6) is -0.229. The zero-order valence-corrected chi connectivity index (χ0v) is 21.3. The van der Waals surface area contributed by atoms with E-state index in [0.29, 0.717) is 16.1 Å². The van der Waals surface area contributed by atoms with Crippen LogP contribution in [0.4, 0.5) is 0 Å². The van der Waals surface area contributed by atoms with E-state index in [2.05, 4.69) is 27.6 Å². The van der Waals surface area contributed by atoms with Gasteiger partial charge >= 0.3 is 5.97 Å². The van der Waals surface area contributed by atoms with E-state index in [9.17, 15) is 9.59 Å². The number of ether oxygens (including phenoxy) is 1. The Balaban J connectivity index is 1.41. The van der Waals surface area contributed by atoms with E-state index in [1.165, 1.54) is 11.3 Å². The van der Waals surface area contributed by atoms with Crippen LogP contribution in [0.3, 0.4) is 0 Å². The molecule has 5 aromatic rings. The van der Waals surface area contributed by atoms with E-state index in [-0.39, 0.29) is 11.1 Å². The highest BCUT2D eigenvalue weighted by atomic mass is 127. The Morgan fingerprint density at radius 1 is 1.12 bits per heavy atom. The number of imidazole rings is 1. The van der Waals surface area contributed by atoms with Crippen LogP contribution in [-0.4, -0.2) is 20.5 Å². The fraction of sp³-hybridized carbons (Fsp3) is 0.115. The number of benzene rings is 3. The lowest BCUT2D eigenvalue weighted by molar-refractivity contribution is 0.0697. The van der Waals surface area contributed by atoms with E-state index >= 15 is 0 Å². The third-order valence-electron chi connectivity index (χ3n) is 5.70. The number of rotatable bonds is 5. The number of nitrogens with zero attached hydrogens (tertiary/aromatic N) is 2. The molecule has 0 fully saturated rings. The van der Waals surface area contributed by atoms with Gasteiger partial charge in [0.05, 0.1) is 24.7 Å². The van der Waals surface area contributed by atoms with Gasteiger partial charge in [-0.3, -0.25) is 4.79 Å². The van der Waals surface area contributed by atoms with Crippen molar-refractivity contribution in [3.8, 4) is 5.75 Å². The number of carboxylic acid groups (broad SMARTS) is 1. The average Bonchev–Trinajstić information content (AvgIpc) is 3.29. The number of aryl methyl sites for hydroxylation is 2. The highest BCUT2D eigenvalue weighted by Gasteiger charge is 2.13. The number of halogens is 1. The molecule has 34 heavy (non-hydrogen) atoms. The van der Waals surface area contributed by atoms with E-state index in [4.69, 9.17) is 9.84 Å². The zero-order valence-electron chi connectivity index (χ0n) is 18.3. The van der Waals surface area contributed by atoms with Crippen LogP contribution in [0.15, 0.2) is 59.4 Å². The van der Waals surface area contributed by atoms with E-state index in [1.54, 1.807) is 28.7 Å². The summed E-state index contributed by atoms with van der Waals surface area (Å²) in [7, 11) is 0. The Morgan fingerprint density at radius 3 is 2.56 bits per heavy atom. The molecule has 2 heterocycles. The summed E-state index contributed by atoms with van der Waals surface area (Å²) in [6.07, 6.45) is 1.88. The first-order valence-electron chi connectivity index (χ1n) is 10.5. The topological polar surface area (TPSA) is 80.9 Å². The SMILES string of the molecule is Cc1cc2nc3s/c(=C\c4ccc(OCc5ccc(C(=O)O)cc5)c(I)c4)c(=O)n3c2cc1C. The molecule has 0 aliphatic rings. The molecule has 170 valence electrons. The van der Waals surface area contributed by atoms with Crippen molar-refractivity contribution in [2.75, 3.05) is 0 Å². The smallest absolute Gasteiger partial charge is 0.335 e. The molecule has 0 saturated carbocycles. The Kier molecular flexibility index (Phi) is 5.86. The van der Waals surface area contributed by atoms with E-state index < -0.39 is 5.97 Å². The third-order valence-corrected chi connectivity index (χ3v) is 7.52. The van der Waals surface area contributed by atoms with Crippen molar-refractivity contribution in [2.45, 2.75) is 20.5 Å². The van der Waals surface area contributed by atoms with Gasteiger partial charge in [-0.15, -0.1) is 0 Å². The van der Waals surface area contributed by atoms with Crippen molar-refractivity contribution < 1.29 is 14.6 Å². The van der Waals surface area contributed by atoms with Crippen LogP contribution in [0, 0.1) is 17.4 Å². The van der Waals surface area contributed by atoms with Crippen molar-refractivity contribution in [1.29, 1.82) is 0 Å². The molecule has 0 amide bonds. The molecule has 0 bridgehead atoms. The average molecular weight is 582 g/mol. The van der Waals surface area contributed by atoms with E-state index in [1.807, 2.05) is 50.3 Å². The molecule has 0 aliphatic heterocycles. The molecule has 2 aromatic heterocycles. The maximum atomic E-state index is 13.1. The number of thiazole rings is 1. The molecular formula is C26H19IN2O4S. The predicted octanol–water partition coefficient (Wildman–Crippen LogP) is 4.96. The fourth-order valence-electron chi connectivity index (χ4n) is 3.70. The number of aromatic carboxylic acids is 1. The van der Waals surface area contributed by atoms with E-state index in [0.717, 1.165) is 42.6 Å². The molecule has 0 saturated heterocycles. The van der Waals surface area contributed by atoms with Crippen LogP contribution in [-0.2, 0) is 6.61 Å². The first-order valence-corrected chi connectivity index (χ1v) is 12.4. The molecule has 8 heteroatoms. The van der Waals surface area contributed by atoms with Crippen LogP contribution < -0.4 is 14.8 Å². The summed E-state index contributed by atoms with van der Waals surface area (Å²) in [5.41, 5.74) is 5.94. The molecule has 1 N–H and O–H groups in total. The van der Waals surface area contributed by atoms with Crippen molar-refractivity contribution in [3.05, 3.63) is 101 Å². The van der Waals surface area contributed by atoms with Gasteiger partial charge in [-0.25, -0.2) is 14.2 Å². The first-order chi connectivity index (χ1) is 16.3. The second kappa shape index (κ2) is 8.84. The lowest BCUT2D eigenvalue weighted by Crippen LogP contribution is -2.22. The summed E-state index contributed by atoms with van der Waals surface area (Å²) in [6, 6.07) is 16.4. The highest BCUT2D eigenvalue weighted by molar-refractivity contribution is 14.1. The van der Waals surface area contributed by atoms with Gasteiger partial charge in [-0.05, 0) is 101 Å². The van der Waals surface area contributed by atoms with Gasteiger partial charge in [0.1, 0.15) is 12.4 Å². The van der Waals surface area contributed by atoms with Crippen LogP contribution in [0.5, 0.6) is 5.75 Å². The summed E-state index contributed by atoms with van der Waals surface area (Å²) in [5, 5.41) is 9.01. The lowest BCUT2D eigenvalue weighted by atomic mass is 10.1. The van der Waals surface area contributed by atoms with Crippen LogP contribution in [0.1, 0.15) is 32.6 Å². The van der Waals surface area contributed by atoms with Crippen LogP contribution in [0.25, 0.3) is 22.1 Å². The number of fused-ring (bicyclic) bond motifs is 3. The Hall–Kier alpha value is -3.24. The Labute approximate surface area is 212 Å². The van der Waals surface area contributed by atoms with Crippen molar-refractivity contribution in [1.82, 2.24) is 9.38 Å². The van der Waals surface area contributed by atoms with Gasteiger partial charge in [0.25, 0.3) is 5.56 Å². The summed E-state index contributed by atoms with van der Waals surface area (Å²) in [4.78, 5) is 29.4. The molecular weight excluding hydrogens is 563 g/mol. The van der Waals surface area contributed by atoms with Crippen molar-refractivity contribution >= 4 is 62.0 Å². The first kappa shape index (κ1) is 22.5. The van der Waals surface area contributed by atoms with Crippen LogP contribution >= 0.6 is 33.9 Å². The third kappa shape index (κ3) is 4.19. The molecule has 3 aromatic carbocycles. The molecule has 0 unspecified atom stereocenters. The summed E-state index contributed by atoms with van der Waals surface area (Å²) < 4.78 is 9.15. The minimum atomic E-state index is -0.951. The van der Waals surface area contributed by atoms with Gasteiger partial charge in [0.15, 0.2) is 4.96 Å². The normalized spacial score (nSPS) is 12.0. The second-order valence-corrected chi connectivity index (χ2v) is 10.2. The van der Waals surface area contributed by atoms with Crippen molar-refractivity contribution in [2.24, 2.45) is 0 Å². The summed E-state index contributed by atoms with van der Waals surface area (Å²) in [6.45, 7) is 4.41. The van der Waals surface area contributed by atoms with Crippen molar-refractivity contribution in [3.63, 3.8) is 0 Å². The maximum absolute atomic E-state index is 13.1. The second-order valence-electron chi connectivity index (χ2n) is 8.05. The lowest BCUT2D eigenvalue weighted by Gasteiger charge is -2.09. The maximum Gasteiger partial charge on any atom is 0.335 e. The molecule has 5 rings (SSSR count). The van der Waals surface area contributed by atoms with Crippen LogP contribution in [0.2, 0.25) is 0 Å². The minimum absolute atomic E-state index is 0.0640. The fourth-order valence-corrected chi connectivity index (χ4v) is 5.38. The largest absolute Gasteiger partial charge is 0.488 e. The number of aromatic nitrogens is 2. The van der Waals surface area contributed by atoms with Gasteiger partial charge in [0, 0.05) is 0 Å². The van der Waals surface area contributed by atoms with Gasteiger partial charge in [0.2, 0.25) is 0 Å². The summed E-state index contributed by atoms with van der Waals surface area (Å²) >= 11 is 3.60.